The van der Waals surface area contributed by atoms with Crippen LogP contribution < -0.4 is 5.32 Å². The lowest BCUT2D eigenvalue weighted by molar-refractivity contribution is 0.146. The summed E-state index contributed by atoms with van der Waals surface area (Å²) in [4.78, 5) is 12.0. The van der Waals surface area contributed by atoms with Gasteiger partial charge in [-0.25, -0.2) is 32.6 Å². The van der Waals surface area contributed by atoms with Crippen LogP contribution in [0, 0.1) is 12.7 Å². The number of halogens is 4. The SMILES string of the molecule is Cc1cc2c(Nc3ccnc(Cl)c3F)nc(-c3cccc(C(F)F)n3)nn2c1. The summed E-state index contributed by atoms with van der Waals surface area (Å²) in [5.74, 6) is -0.360. The van der Waals surface area contributed by atoms with Gasteiger partial charge >= 0.3 is 0 Å². The number of alkyl halides is 2. The summed E-state index contributed by atoms with van der Waals surface area (Å²) >= 11 is 5.73. The molecule has 6 nitrogen and oxygen atoms in total. The van der Waals surface area contributed by atoms with Crippen molar-refractivity contribution in [2.24, 2.45) is 0 Å². The predicted octanol–water partition coefficient (Wildman–Crippen LogP) is 4.97. The van der Waals surface area contributed by atoms with Gasteiger partial charge in [0.1, 0.15) is 16.9 Å². The molecule has 0 unspecified atom stereocenters. The van der Waals surface area contributed by atoms with Crippen molar-refractivity contribution in [3.63, 3.8) is 0 Å². The van der Waals surface area contributed by atoms with E-state index in [1.54, 1.807) is 12.3 Å². The van der Waals surface area contributed by atoms with Crippen LogP contribution in [0.2, 0.25) is 5.15 Å². The Morgan fingerprint density at radius 1 is 1.18 bits per heavy atom. The lowest BCUT2D eigenvalue weighted by Crippen LogP contribution is -2.05. The molecule has 10 heteroatoms. The van der Waals surface area contributed by atoms with Gasteiger partial charge in [0.25, 0.3) is 6.43 Å². The molecule has 0 fully saturated rings. The van der Waals surface area contributed by atoms with Gasteiger partial charge in [0, 0.05) is 12.4 Å². The average Bonchev–Trinajstić information content (AvgIpc) is 3.06. The van der Waals surface area contributed by atoms with E-state index >= 15 is 0 Å². The topological polar surface area (TPSA) is 68.0 Å². The van der Waals surface area contributed by atoms with Crippen LogP contribution >= 0.6 is 11.6 Å². The highest BCUT2D eigenvalue weighted by molar-refractivity contribution is 6.29. The third-order valence-electron chi connectivity index (χ3n) is 3.92. The van der Waals surface area contributed by atoms with Crippen LogP contribution in [0.1, 0.15) is 17.7 Å². The van der Waals surface area contributed by atoms with E-state index in [0.717, 1.165) is 5.56 Å². The van der Waals surface area contributed by atoms with E-state index in [4.69, 9.17) is 11.6 Å². The molecule has 28 heavy (non-hydrogen) atoms. The fraction of sp³-hybridized carbons (Fsp3) is 0.111. The summed E-state index contributed by atoms with van der Waals surface area (Å²) < 4.78 is 41.8. The second kappa shape index (κ2) is 7.08. The molecular weight excluding hydrogens is 393 g/mol. The minimum Gasteiger partial charge on any atom is -0.336 e. The largest absolute Gasteiger partial charge is 0.336 e. The molecule has 0 aliphatic rings. The van der Waals surface area contributed by atoms with E-state index in [-0.39, 0.29) is 33.9 Å². The predicted molar refractivity (Wildman–Crippen MR) is 98.4 cm³/mol. The van der Waals surface area contributed by atoms with Gasteiger partial charge in [0.15, 0.2) is 16.8 Å². The third kappa shape index (κ3) is 3.36. The van der Waals surface area contributed by atoms with Crippen molar-refractivity contribution >= 4 is 28.6 Å². The average molecular weight is 405 g/mol. The Bertz CT molecular complexity index is 1180. The van der Waals surface area contributed by atoms with Gasteiger partial charge in [-0.1, -0.05) is 17.7 Å². The highest BCUT2D eigenvalue weighted by Crippen LogP contribution is 2.28. The Morgan fingerprint density at radius 3 is 2.79 bits per heavy atom. The molecule has 0 amide bonds. The first-order valence-electron chi connectivity index (χ1n) is 8.12. The number of aromatic nitrogens is 5. The Hall–Kier alpha value is -3.20. The number of nitrogens with zero attached hydrogens (tertiary/aromatic N) is 5. The van der Waals surface area contributed by atoms with Crippen molar-refractivity contribution in [1.29, 1.82) is 0 Å². The van der Waals surface area contributed by atoms with Gasteiger partial charge in [-0.05, 0) is 36.8 Å². The van der Waals surface area contributed by atoms with Crippen molar-refractivity contribution in [2.75, 3.05) is 5.32 Å². The Morgan fingerprint density at radius 2 is 2.00 bits per heavy atom. The zero-order valence-corrected chi connectivity index (χ0v) is 15.1. The normalized spacial score (nSPS) is 11.4. The van der Waals surface area contributed by atoms with E-state index in [1.807, 2.05) is 6.92 Å². The van der Waals surface area contributed by atoms with Gasteiger partial charge in [0.2, 0.25) is 5.82 Å². The molecule has 4 heterocycles. The Kier molecular flexibility index (Phi) is 4.60. The smallest absolute Gasteiger partial charge is 0.280 e. The second-order valence-corrected chi connectivity index (χ2v) is 6.33. The molecule has 4 aromatic rings. The monoisotopic (exact) mass is 404 g/mol. The lowest BCUT2D eigenvalue weighted by Gasteiger charge is -2.11. The maximum atomic E-state index is 14.3. The van der Waals surface area contributed by atoms with Crippen molar-refractivity contribution in [3.05, 3.63) is 65.0 Å². The van der Waals surface area contributed by atoms with Gasteiger partial charge in [-0.15, -0.1) is 5.10 Å². The maximum Gasteiger partial charge on any atom is 0.280 e. The Labute approximate surface area is 162 Å². The zero-order valence-electron chi connectivity index (χ0n) is 14.4. The van der Waals surface area contributed by atoms with Crippen LogP contribution in [0.15, 0.2) is 42.7 Å². The number of anilines is 2. The molecule has 0 aliphatic carbocycles. The van der Waals surface area contributed by atoms with E-state index < -0.39 is 12.2 Å². The molecule has 1 N–H and O–H groups in total. The van der Waals surface area contributed by atoms with Crippen LogP contribution in [-0.4, -0.2) is 24.6 Å². The fourth-order valence-electron chi connectivity index (χ4n) is 2.67. The van der Waals surface area contributed by atoms with Crippen molar-refractivity contribution in [2.45, 2.75) is 13.3 Å². The molecule has 0 radical (unpaired) electrons. The van der Waals surface area contributed by atoms with Gasteiger partial charge in [0.05, 0.1) is 5.69 Å². The van der Waals surface area contributed by atoms with E-state index in [0.29, 0.717) is 5.52 Å². The minimum atomic E-state index is -2.72. The summed E-state index contributed by atoms with van der Waals surface area (Å²) in [5.41, 5.74) is 1.31. The molecule has 4 aromatic heterocycles. The van der Waals surface area contributed by atoms with Crippen LogP contribution in [0.25, 0.3) is 17.0 Å². The number of rotatable bonds is 4. The van der Waals surface area contributed by atoms with Crippen molar-refractivity contribution in [3.8, 4) is 11.5 Å². The van der Waals surface area contributed by atoms with Crippen LogP contribution in [-0.2, 0) is 0 Å². The highest BCUT2D eigenvalue weighted by atomic mass is 35.5. The lowest BCUT2D eigenvalue weighted by atomic mass is 10.3. The molecule has 0 aromatic carbocycles. The highest BCUT2D eigenvalue weighted by Gasteiger charge is 2.16. The molecule has 0 saturated carbocycles. The molecule has 0 spiro atoms. The van der Waals surface area contributed by atoms with Crippen LogP contribution in [0.3, 0.4) is 0 Å². The first-order valence-corrected chi connectivity index (χ1v) is 8.49. The number of hydrogen-bond donors (Lipinski definition) is 1. The molecular formula is C18H12ClF3N6. The van der Waals surface area contributed by atoms with Crippen molar-refractivity contribution < 1.29 is 13.2 Å². The molecule has 142 valence electrons. The molecule has 4 rings (SSSR count). The number of aryl methyl sites for hydroxylation is 1. The second-order valence-electron chi connectivity index (χ2n) is 5.97. The van der Waals surface area contributed by atoms with Gasteiger partial charge in [-0.3, -0.25) is 0 Å². The minimum absolute atomic E-state index is 0.0692. The Balaban J connectivity index is 1.86. The van der Waals surface area contributed by atoms with E-state index in [2.05, 4.69) is 25.4 Å². The standard InChI is InChI=1S/C18H12ClF3N6/c1-9-7-13-18(25-10-5-6-23-15(19)14(10)20)26-17(27-28(13)8-9)12-4-2-3-11(24-12)16(21)22/h2-8,16H,1H3,(H,23,25,26,27). The first kappa shape index (κ1) is 18.2. The summed E-state index contributed by atoms with van der Waals surface area (Å²) in [6.45, 7) is 1.86. The third-order valence-corrected chi connectivity index (χ3v) is 4.19. The summed E-state index contributed by atoms with van der Waals surface area (Å²) in [6.07, 6.45) is 0.367. The first-order chi connectivity index (χ1) is 13.4. The van der Waals surface area contributed by atoms with Crippen molar-refractivity contribution in [1.82, 2.24) is 24.6 Å². The molecule has 0 aliphatic heterocycles. The zero-order chi connectivity index (χ0) is 19.8. The number of nitrogens with one attached hydrogen (secondary N) is 1. The molecule has 0 bridgehead atoms. The number of pyridine rings is 2. The number of hydrogen-bond acceptors (Lipinski definition) is 5. The number of fused-ring (bicyclic) bond motifs is 1. The van der Waals surface area contributed by atoms with E-state index in [1.165, 1.54) is 35.0 Å². The summed E-state index contributed by atoms with van der Waals surface area (Å²) in [7, 11) is 0. The van der Waals surface area contributed by atoms with E-state index in [9.17, 15) is 13.2 Å². The maximum absolute atomic E-state index is 14.3. The van der Waals surface area contributed by atoms with Crippen LogP contribution in [0.5, 0.6) is 0 Å². The summed E-state index contributed by atoms with van der Waals surface area (Å²) in [6, 6.07) is 7.41. The van der Waals surface area contributed by atoms with Crippen LogP contribution in [0.4, 0.5) is 24.7 Å². The molecule has 0 atom stereocenters. The fourth-order valence-corrected chi connectivity index (χ4v) is 2.83. The van der Waals surface area contributed by atoms with Gasteiger partial charge in [-0.2, -0.15) is 0 Å². The summed E-state index contributed by atoms with van der Waals surface area (Å²) in [5, 5.41) is 6.92. The quantitative estimate of drug-likeness (QED) is 0.486. The molecule has 0 saturated heterocycles. The van der Waals surface area contributed by atoms with Gasteiger partial charge < -0.3 is 5.32 Å².